The number of ether oxygens (including phenoxy) is 1. The highest BCUT2D eigenvalue weighted by molar-refractivity contribution is 7.12. The maximum atomic E-state index is 5.28. The molecule has 114 valence electrons. The molecular formula is C17H24N2OS. The van der Waals surface area contributed by atoms with Gasteiger partial charge in [-0.25, -0.2) is 0 Å². The Kier molecular flexibility index (Phi) is 5.65. The number of nitrogens with zero attached hydrogens (tertiary/aromatic N) is 1. The number of benzene rings is 1. The van der Waals surface area contributed by atoms with Gasteiger partial charge in [0.15, 0.2) is 0 Å². The summed E-state index contributed by atoms with van der Waals surface area (Å²) in [6.45, 7) is 6.21. The lowest BCUT2D eigenvalue weighted by Gasteiger charge is -2.19. The first-order chi connectivity index (χ1) is 10.1. The maximum absolute atomic E-state index is 5.28. The average Bonchev–Trinajstić information content (AvgIpc) is 2.92. The molecule has 4 heteroatoms. The van der Waals surface area contributed by atoms with Gasteiger partial charge in [-0.05, 0) is 24.3 Å². The Bertz CT molecular complexity index is 565. The minimum atomic E-state index is 0.523. The van der Waals surface area contributed by atoms with Crippen molar-refractivity contribution in [3.63, 3.8) is 0 Å². The summed E-state index contributed by atoms with van der Waals surface area (Å²) in [5, 5.41) is 3.46. The van der Waals surface area contributed by atoms with E-state index in [9.17, 15) is 0 Å². The monoisotopic (exact) mass is 304 g/mol. The summed E-state index contributed by atoms with van der Waals surface area (Å²) in [5.74, 6) is 0.896. The Morgan fingerprint density at radius 2 is 1.95 bits per heavy atom. The molecule has 1 aromatic heterocycles. The van der Waals surface area contributed by atoms with Crippen LogP contribution in [0.2, 0.25) is 0 Å². The third-order valence-electron chi connectivity index (χ3n) is 3.29. The molecule has 0 radical (unpaired) electrons. The quantitative estimate of drug-likeness (QED) is 0.840. The fourth-order valence-corrected chi connectivity index (χ4v) is 3.10. The van der Waals surface area contributed by atoms with Gasteiger partial charge in [0.25, 0.3) is 0 Å². The number of rotatable bonds is 7. The molecule has 1 aromatic carbocycles. The van der Waals surface area contributed by atoms with E-state index in [0.29, 0.717) is 6.04 Å². The van der Waals surface area contributed by atoms with Gasteiger partial charge in [-0.1, -0.05) is 19.9 Å². The van der Waals surface area contributed by atoms with Crippen LogP contribution in [0, 0.1) is 0 Å². The van der Waals surface area contributed by atoms with E-state index >= 15 is 0 Å². The van der Waals surface area contributed by atoms with E-state index in [1.807, 2.05) is 23.5 Å². The standard InChI is InChI=1S/C17H24N2OS/c1-13(2)18-11-16-8-9-17(21-16)12-19(3)14-6-5-7-15(10-14)20-4/h5-10,13,18H,11-12H2,1-4H3. The first-order valence-electron chi connectivity index (χ1n) is 7.24. The van der Waals surface area contributed by atoms with Gasteiger partial charge < -0.3 is 15.0 Å². The molecule has 0 aliphatic rings. The Morgan fingerprint density at radius 1 is 1.19 bits per heavy atom. The van der Waals surface area contributed by atoms with E-state index in [0.717, 1.165) is 18.8 Å². The third-order valence-corrected chi connectivity index (χ3v) is 4.36. The molecule has 0 amide bonds. The number of hydrogen-bond acceptors (Lipinski definition) is 4. The largest absolute Gasteiger partial charge is 0.497 e. The minimum absolute atomic E-state index is 0.523. The van der Waals surface area contributed by atoms with Crippen molar-refractivity contribution in [1.29, 1.82) is 0 Å². The van der Waals surface area contributed by atoms with Crippen LogP contribution in [0.1, 0.15) is 23.6 Å². The Morgan fingerprint density at radius 3 is 2.67 bits per heavy atom. The molecule has 2 aromatic rings. The highest BCUT2D eigenvalue weighted by atomic mass is 32.1. The molecule has 0 saturated carbocycles. The molecule has 2 rings (SSSR count). The van der Waals surface area contributed by atoms with Gasteiger partial charge in [-0.15, -0.1) is 11.3 Å². The molecule has 0 aliphatic heterocycles. The van der Waals surface area contributed by atoms with Crippen molar-refractivity contribution in [1.82, 2.24) is 5.32 Å². The summed E-state index contributed by atoms with van der Waals surface area (Å²) < 4.78 is 5.28. The van der Waals surface area contributed by atoms with Gasteiger partial charge in [-0.3, -0.25) is 0 Å². The summed E-state index contributed by atoms with van der Waals surface area (Å²) in [5.41, 5.74) is 1.17. The zero-order chi connectivity index (χ0) is 15.2. The predicted octanol–water partition coefficient (Wildman–Crippen LogP) is 3.89. The normalized spacial score (nSPS) is 10.9. The zero-order valence-electron chi connectivity index (χ0n) is 13.2. The number of thiophene rings is 1. The zero-order valence-corrected chi connectivity index (χ0v) is 14.0. The van der Waals surface area contributed by atoms with Crippen molar-refractivity contribution >= 4 is 17.0 Å². The maximum Gasteiger partial charge on any atom is 0.120 e. The van der Waals surface area contributed by atoms with Gasteiger partial charge in [0.1, 0.15) is 5.75 Å². The Balaban J connectivity index is 1.97. The Labute approximate surface area is 131 Å². The molecule has 21 heavy (non-hydrogen) atoms. The SMILES string of the molecule is COc1cccc(N(C)Cc2ccc(CNC(C)C)s2)c1. The van der Waals surface area contributed by atoms with Crippen molar-refractivity contribution in [3.05, 3.63) is 46.2 Å². The van der Waals surface area contributed by atoms with Crippen LogP contribution >= 0.6 is 11.3 Å². The van der Waals surface area contributed by atoms with Crippen LogP contribution in [-0.2, 0) is 13.1 Å². The highest BCUT2D eigenvalue weighted by Crippen LogP contribution is 2.24. The van der Waals surface area contributed by atoms with Gasteiger partial charge in [0.2, 0.25) is 0 Å². The lowest BCUT2D eigenvalue weighted by Crippen LogP contribution is -2.21. The van der Waals surface area contributed by atoms with Gasteiger partial charge in [0.05, 0.1) is 13.7 Å². The summed E-state index contributed by atoms with van der Waals surface area (Å²) >= 11 is 1.87. The fraction of sp³-hybridized carbons (Fsp3) is 0.412. The first kappa shape index (κ1) is 15.9. The molecule has 0 unspecified atom stereocenters. The molecule has 0 spiro atoms. The highest BCUT2D eigenvalue weighted by Gasteiger charge is 2.06. The van der Waals surface area contributed by atoms with Crippen LogP contribution in [0.3, 0.4) is 0 Å². The predicted molar refractivity (Wildman–Crippen MR) is 91.4 cm³/mol. The summed E-state index contributed by atoms with van der Waals surface area (Å²) in [7, 11) is 3.81. The van der Waals surface area contributed by atoms with Gasteiger partial charge in [-0.2, -0.15) is 0 Å². The molecule has 0 bridgehead atoms. The van der Waals surface area contributed by atoms with Crippen LogP contribution in [0.25, 0.3) is 0 Å². The van der Waals surface area contributed by atoms with Crippen molar-refractivity contribution in [2.75, 3.05) is 19.1 Å². The molecule has 0 saturated heterocycles. The second-order valence-corrected chi connectivity index (χ2v) is 6.71. The number of anilines is 1. The van der Waals surface area contributed by atoms with Gasteiger partial charge >= 0.3 is 0 Å². The second kappa shape index (κ2) is 7.48. The van der Waals surface area contributed by atoms with E-state index in [1.54, 1.807) is 7.11 Å². The van der Waals surface area contributed by atoms with E-state index in [1.165, 1.54) is 15.4 Å². The molecule has 0 atom stereocenters. The van der Waals surface area contributed by atoms with E-state index < -0.39 is 0 Å². The van der Waals surface area contributed by atoms with Crippen molar-refractivity contribution < 1.29 is 4.74 Å². The van der Waals surface area contributed by atoms with Crippen molar-refractivity contribution in [2.45, 2.75) is 33.0 Å². The Hall–Kier alpha value is -1.52. The molecule has 1 heterocycles. The minimum Gasteiger partial charge on any atom is -0.497 e. The molecule has 1 N–H and O–H groups in total. The van der Waals surface area contributed by atoms with Crippen molar-refractivity contribution in [2.24, 2.45) is 0 Å². The number of methoxy groups -OCH3 is 1. The van der Waals surface area contributed by atoms with E-state index in [-0.39, 0.29) is 0 Å². The van der Waals surface area contributed by atoms with Crippen molar-refractivity contribution in [3.8, 4) is 5.75 Å². The lowest BCUT2D eigenvalue weighted by atomic mass is 10.2. The number of hydrogen-bond donors (Lipinski definition) is 1. The smallest absolute Gasteiger partial charge is 0.120 e. The summed E-state index contributed by atoms with van der Waals surface area (Å²) in [6, 6.07) is 13.1. The molecule has 3 nitrogen and oxygen atoms in total. The fourth-order valence-electron chi connectivity index (χ4n) is 2.08. The van der Waals surface area contributed by atoms with Crippen LogP contribution in [0.5, 0.6) is 5.75 Å². The molecule has 0 aliphatic carbocycles. The lowest BCUT2D eigenvalue weighted by molar-refractivity contribution is 0.415. The van der Waals surface area contributed by atoms with Crippen LogP contribution in [0.4, 0.5) is 5.69 Å². The summed E-state index contributed by atoms with van der Waals surface area (Å²) in [6.07, 6.45) is 0. The van der Waals surface area contributed by atoms with Crippen LogP contribution in [-0.4, -0.2) is 20.2 Å². The van der Waals surface area contributed by atoms with Crippen LogP contribution in [0.15, 0.2) is 36.4 Å². The van der Waals surface area contributed by atoms with Crippen LogP contribution < -0.4 is 15.0 Å². The molecule has 0 fully saturated rings. The average molecular weight is 304 g/mol. The molecular weight excluding hydrogens is 280 g/mol. The first-order valence-corrected chi connectivity index (χ1v) is 8.06. The number of nitrogens with one attached hydrogen (secondary N) is 1. The van der Waals surface area contributed by atoms with E-state index in [2.05, 4.69) is 55.4 Å². The topological polar surface area (TPSA) is 24.5 Å². The second-order valence-electron chi connectivity index (χ2n) is 5.46. The third kappa shape index (κ3) is 4.76. The van der Waals surface area contributed by atoms with Gasteiger partial charge in [0, 0.05) is 41.1 Å². The summed E-state index contributed by atoms with van der Waals surface area (Å²) in [4.78, 5) is 5.01. The van der Waals surface area contributed by atoms with E-state index in [4.69, 9.17) is 4.74 Å².